The molecule has 0 amide bonds. The summed E-state index contributed by atoms with van der Waals surface area (Å²) in [6, 6.07) is 5.98. The molecule has 2 nitrogen and oxygen atoms in total. The molecule has 0 radical (unpaired) electrons. The van der Waals surface area contributed by atoms with Gasteiger partial charge in [-0.3, -0.25) is 4.79 Å². The molecule has 0 saturated heterocycles. The second-order valence-electron chi connectivity index (χ2n) is 4.45. The van der Waals surface area contributed by atoms with Crippen LogP contribution in [0.25, 0.3) is 10.9 Å². The van der Waals surface area contributed by atoms with Crippen LogP contribution in [0.3, 0.4) is 0 Å². The van der Waals surface area contributed by atoms with Crippen molar-refractivity contribution in [3.8, 4) is 11.8 Å². The van der Waals surface area contributed by atoms with Gasteiger partial charge < -0.3 is 4.98 Å². The minimum Gasteiger partial charge on any atom is -0.352 e. The van der Waals surface area contributed by atoms with E-state index in [1.54, 1.807) is 0 Å². The molecule has 90 valence electrons. The van der Waals surface area contributed by atoms with E-state index in [1.165, 1.54) is 0 Å². The Bertz CT molecular complexity index is 688. The third-order valence-corrected chi connectivity index (χ3v) is 3.45. The zero-order valence-corrected chi connectivity index (χ0v) is 10.6. The summed E-state index contributed by atoms with van der Waals surface area (Å²) in [5.74, 6) is 6.42. The average Bonchev–Trinajstić information content (AvgIpc) is 2.76. The highest BCUT2D eigenvalue weighted by Crippen LogP contribution is 2.29. The van der Waals surface area contributed by atoms with Crippen LogP contribution < -0.4 is 0 Å². The van der Waals surface area contributed by atoms with Crippen LogP contribution in [0.5, 0.6) is 0 Å². The Balaban J connectivity index is 2.18. The predicted octanol–water partition coefficient (Wildman–Crippen LogP) is 3.28. The van der Waals surface area contributed by atoms with Gasteiger partial charge in [0.2, 0.25) is 0 Å². The molecule has 0 atom stereocenters. The van der Waals surface area contributed by atoms with Gasteiger partial charge >= 0.3 is 0 Å². The van der Waals surface area contributed by atoms with E-state index in [9.17, 15) is 4.79 Å². The van der Waals surface area contributed by atoms with E-state index in [4.69, 9.17) is 11.6 Å². The fourth-order valence-corrected chi connectivity index (χ4v) is 2.58. The SMILES string of the molecule is O=C1CCCc2c1[nH]c1ccc(C#CCCl)cc21. The number of rotatable bonds is 0. The number of hydrogen-bond donors (Lipinski definition) is 1. The maximum atomic E-state index is 11.8. The Morgan fingerprint density at radius 1 is 1.33 bits per heavy atom. The van der Waals surface area contributed by atoms with Gasteiger partial charge in [0.15, 0.2) is 5.78 Å². The van der Waals surface area contributed by atoms with Crippen molar-refractivity contribution in [3.05, 3.63) is 35.0 Å². The molecule has 0 spiro atoms. The average molecular weight is 258 g/mol. The standard InChI is InChI=1S/C15H12ClNO/c16-8-2-3-10-6-7-13-12(9-10)11-4-1-5-14(18)15(11)17-13/h6-7,9,17H,1,4-5,8H2. The smallest absolute Gasteiger partial charge is 0.179 e. The van der Waals surface area contributed by atoms with Crippen LogP contribution in [-0.2, 0) is 6.42 Å². The maximum absolute atomic E-state index is 11.8. The summed E-state index contributed by atoms with van der Waals surface area (Å²) in [6.07, 6.45) is 2.56. The number of halogens is 1. The van der Waals surface area contributed by atoms with Crippen molar-refractivity contribution in [2.45, 2.75) is 19.3 Å². The molecule has 1 aliphatic carbocycles. The number of carbonyl (C=O) groups is 1. The number of nitrogens with one attached hydrogen (secondary N) is 1. The number of fused-ring (bicyclic) bond motifs is 3. The Morgan fingerprint density at radius 2 is 2.22 bits per heavy atom. The van der Waals surface area contributed by atoms with E-state index in [2.05, 4.69) is 16.8 Å². The lowest BCUT2D eigenvalue weighted by Gasteiger charge is -2.09. The number of aromatic nitrogens is 1. The molecule has 1 N–H and O–H groups in total. The molecule has 0 bridgehead atoms. The summed E-state index contributed by atoms with van der Waals surface area (Å²) in [7, 11) is 0. The number of aryl methyl sites for hydroxylation is 1. The van der Waals surface area contributed by atoms with Gasteiger partial charge in [-0.05, 0) is 36.6 Å². The number of benzene rings is 1. The molecule has 18 heavy (non-hydrogen) atoms. The van der Waals surface area contributed by atoms with E-state index in [-0.39, 0.29) is 5.78 Å². The van der Waals surface area contributed by atoms with Gasteiger partial charge in [0.05, 0.1) is 11.6 Å². The number of aromatic amines is 1. The first-order valence-corrected chi connectivity index (χ1v) is 6.55. The molecule has 3 heteroatoms. The van der Waals surface area contributed by atoms with Crippen LogP contribution in [-0.4, -0.2) is 16.6 Å². The quantitative estimate of drug-likeness (QED) is 0.570. The molecule has 3 rings (SSSR count). The van der Waals surface area contributed by atoms with Gasteiger partial charge in [-0.15, -0.1) is 11.6 Å². The monoisotopic (exact) mass is 257 g/mol. The molecule has 0 unspecified atom stereocenters. The highest BCUT2D eigenvalue weighted by atomic mass is 35.5. The third-order valence-electron chi connectivity index (χ3n) is 3.32. The minimum absolute atomic E-state index is 0.223. The van der Waals surface area contributed by atoms with Gasteiger partial charge in [0.25, 0.3) is 0 Å². The summed E-state index contributed by atoms with van der Waals surface area (Å²) in [5, 5.41) is 1.12. The first-order chi connectivity index (χ1) is 8.79. The molecule has 0 saturated carbocycles. The number of carbonyl (C=O) groups excluding carboxylic acids is 1. The maximum Gasteiger partial charge on any atom is 0.179 e. The summed E-state index contributed by atoms with van der Waals surface area (Å²) >= 11 is 5.56. The van der Waals surface area contributed by atoms with Crippen LogP contribution in [0, 0.1) is 11.8 Å². The molecular formula is C15H12ClNO. The summed E-state index contributed by atoms with van der Waals surface area (Å²) < 4.78 is 0. The van der Waals surface area contributed by atoms with E-state index in [0.29, 0.717) is 12.3 Å². The van der Waals surface area contributed by atoms with Crippen molar-refractivity contribution >= 4 is 28.3 Å². The molecule has 1 aliphatic rings. The molecule has 1 aromatic heterocycles. The van der Waals surface area contributed by atoms with Gasteiger partial charge in [-0.1, -0.05) is 11.8 Å². The largest absolute Gasteiger partial charge is 0.352 e. The Morgan fingerprint density at radius 3 is 3.06 bits per heavy atom. The third kappa shape index (κ3) is 1.81. The Hall–Kier alpha value is -1.72. The molecule has 0 fully saturated rings. The van der Waals surface area contributed by atoms with Crippen molar-refractivity contribution in [1.82, 2.24) is 4.98 Å². The van der Waals surface area contributed by atoms with Crippen LogP contribution >= 0.6 is 11.6 Å². The lowest BCUT2D eigenvalue weighted by Crippen LogP contribution is -2.09. The number of alkyl halides is 1. The summed E-state index contributed by atoms with van der Waals surface area (Å²) in [5.41, 5.74) is 3.91. The summed E-state index contributed by atoms with van der Waals surface area (Å²) in [4.78, 5) is 15.1. The topological polar surface area (TPSA) is 32.9 Å². The first kappa shape index (κ1) is 11.4. The molecule has 2 aromatic rings. The Kier molecular flexibility index (Phi) is 2.85. The van der Waals surface area contributed by atoms with Crippen molar-refractivity contribution in [1.29, 1.82) is 0 Å². The van der Waals surface area contributed by atoms with Crippen molar-refractivity contribution in [2.24, 2.45) is 0 Å². The van der Waals surface area contributed by atoms with Gasteiger partial charge in [-0.2, -0.15) is 0 Å². The molecule has 0 aliphatic heterocycles. The zero-order valence-electron chi connectivity index (χ0n) is 9.85. The van der Waals surface area contributed by atoms with Crippen LogP contribution in [0.1, 0.15) is 34.5 Å². The lowest BCUT2D eigenvalue weighted by molar-refractivity contribution is 0.0968. The lowest BCUT2D eigenvalue weighted by atomic mass is 9.94. The minimum atomic E-state index is 0.223. The van der Waals surface area contributed by atoms with E-state index >= 15 is 0 Å². The first-order valence-electron chi connectivity index (χ1n) is 6.02. The predicted molar refractivity (Wildman–Crippen MR) is 73.2 cm³/mol. The molecular weight excluding hydrogens is 246 g/mol. The van der Waals surface area contributed by atoms with Crippen LogP contribution in [0.15, 0.2) is 18.2 Å². The molecule has 1 aromatic carbocycles. The number of Topliss-reactive ketones (excluding diaryl/α,β-unsaturated/α-hetero) is 1. The Labute approximate surface area is 110 Å². The number of H-pyrrole nitrogens is 1. The number of ketones is 1. The van der Waals surface area contributed by atoms with Crippen molar-refractivity contribution in [3.63, 3.8) is 0 Å². The highest BCUT2D eigenvalue weighted by molar-refractivity contribution is 6.19. The second-order valence-corrected chi connectivity index (χ2v) is 4.72. The van der Waals surface area contributed by atoms with Crippen LogP contribution in [0.4, 0.5) is 0 Å². The van der Waals surface area contributed by atoms with Gasteiger partial charge in [-0.25, -0.2) is 0 Å². The second kappa shape index (κ2) is 4.51. The van der Waals surface area contributed by atoms with Crippen molar-refractivity contribution < 1.29 is 4.79 Å². The molecule has 1 heterocycles. The van der Waals surface area contributed by atoms with E-state index < -0.39 is 0 Å². The normalized spacial score (nSPS) is 14.2. The number of hydrogen-bond acceptors (Lipinski definition) is 1. The van der Waals surface area contributed by atoms with E-state index in [0.717, 1.165) is 40.6 Å². The zero-order chi connectivity index (χ0) is 12.5. The van der Waals surface area contributed by atoms with Gasteiger partial charge in [0.1, 0.15) is 0 Å². The van der Waals surface area contributed by atoms with Crippen molar-refractivity contribution in [2.75, 3.05) is 5.88 Å². The fourth-order valence-electron chi connectivity index (χ4n) is 2.51. The highest BCUT2D eigenvalue weighted by Gasteiger charge is 2.21. The van der Waals surface area contributed by atoms with E-state index in [1.807, 2.05) is 18.2 Å². The van der Waals surface area contributed by atoms with Crippen LogP contribution in [0.2, 0.25) is 0 Å². The van der Waals surface area contributed by atoms with Gasteiger partial charge in [0, 0.05) is 22.9 Å². The fraction of sp³-hybridized carbons (Fsp3) is 0.267. The summed E-state index contributed by atoms with van der Waals surface area (Å²) in [6.45, 7) is 0.